The molecule has 78 valence electrons. The van der Waals surface area contributed by atoms with E-state index < -0.39 is 10.5 Å². The van der Waals surface area contributed by atoms with Crippen molar-refractivity contribution in [3.05, 3.63) is 50.4 Å². The average molecular weight is 216 g/mol. The summed E-state index contributed by atoms with van der Waals surface area (Å²) >= 11 is 0. The van der Waals surface area contributed by atoms with Crippen molar-refractivity contribution in [2.45, 2.75) is 0 Å². The van der Waals surface area contributed by atoms with Crippen LogP contribution in [0.2, 0.25) is 0 Å². The van der Waals surface area contributed by atoms with Crippen LogP contribution in [0.5, 0.6) is 0 Å². The zero-order valence-electron chi connectivity index (χ0n) is 7.84. The van der Waals surface area contributed by atoms with Gasteiger partial charge < -0.3 is 4.42 Å². The molecule has 0 aliphatic carbocycles. The van der Waals surface area contributed by atoms with Gasteiger partial charge in [-0.05, 0) is 12.1 Å². The van der Waals surface area contributed by atoms with Gasteiger partial charge in [-0.1, -0.05) is 0 Å². The quantitative estimate of drug-likeness (QED) is 0.409. The summed E-state index contributed by atoms with van der Waals surface area (Å²) in [7, 11) is 0. The molecule has 0 saturated carbocycles. The molecular formula is C10H4N2O4. The van der Waals surface area contributed by atoms with E-state index in [1.807, 2.05) is 0 Å². The fraction of sp³-hybridized carbons (Fsp3) is 0. The molecule has 16 heavy (non-hydrogen) atoms. The second-order valence-corrected chi connectivity index (χ2v) is 3.04. The second-order valence-electron chi connectivity index (χ2n) is 3.04. The molecule has 1 heterocycles. The first kappa shape index (κ1) is 9.86. The highest BCUT2D eigenvalue weighted by Gasteiger charge is 2.09. The Morgan fingerprint density at radius 2 is 2.12 bits per heavy atom. The van der Waals surface area contributed by atoms with Crippen molar-refractivity contribution in [3.8, 4) is 6.07 Å². The molecule has 0 amide bonds. The van der Waals surface area contributed by atoms with Crippen molar-refractivity contribution < 1.29 is 9.34 Å². The molecule has 1 aromatic carbocycles. The Labute approximate surface area is 88.5 Å². The van der Waals surface area contributed by atoms with Crippen molar-refractivity contribution in [1.29, 1.82) is 5.26 Å². The van der Waals surface area contributed by atoms with Crippen LogP contribution in [0.1, 0.15) is 5.56 Å². The summed E-state index contributed by atoms with van der Waals surface area (Å²) in [5.41, 5.74) is -0.990. The molecule has 0 bridgehead atoms. The normalized spacial score (nSPS) is 9.94. The van der Waals surface area contributed by atoms with Gasteiger partial charge in [-0.3, -0.25) is 10.1 Å². The van der Waals surface area contributed by atoms with E-state index in [1.54, 1.807) is 6.07 Å². The molecule has 6 nitrogen and oxygen atoms in total. The highest BCUT2D eigenvalue weighted by atomic mass is 16.6. The van der Waals surface area contributed by atoms with E-state index in [2.05, 4.69) is 0 Å². The van der Waals surface area contributed by atoms with Gasteiger partial charge in [0.25, 0.3) is 5.69 Å². The van der Waals surface area contributed by atoms with Gasteiger partial charge in [0.2, 0.25) is 0 Å². The highest BCUT2D eigenvalue weighted by Crippen LogP contribution is 2.19. The van der Waals surface area contributed by atoms with Crippen LogP contribution in [0.3, 0.4) is 0 Å². The van der Waals surface area contributed by atoms with Gasteiger partial charge in [0.05, 0.1) is 11.0 Å². The third-order valence-electron chi connectivity index (χ3n) is 2.05. The number of nitro benzene ring substituents is 1. The number of non-ortho nitro benzene ring substituents is 1. The van der Waals surface area contributed by atoms with Crippen LogP contribution >= 0.6 is 0 Å². The lowest BCUT2D eigenvalue weighted by molar-refractivity contribution is -0.384. The van der Waals surface area contributed by atoms with E-state index in [0.29, 0.717) is 5.39 Å². The molecule has 0 unspecified atom stereocenters. The summed E-state index contributed by atoms with van der Waals surface area (Å²) in [5.74, 6) is 0. The molecule has 6 heteroatoms. The van der Waals surface area contributed by atoms with Gasteiger partial charge in [-0.25, -0.2) is 4.79 Å². The number of nitro groups is 1. The topological polar surface area (TPSA) is 97.1 Å². The molecule has 0 aliphatic heterocycles. The Kier molecular flexibility index (Phi) is 2.14. The Morgan fingerprint density at radius 1 is 1.38 bits per heavy atom. The Hall–Kier alpha value is -2.68. The number of hydrogen-bond acceptors (Lipinski definition) is 5. The minimum Gasteiger partial charge on any atom is -0.421 e. The van der Waals surface area contributed by atoms with Crippen LogP contribution in [0.25, 0.3) is 11.0 Å². The SMILES string of the molecule is N#Cc1cc2ccc([N+](=O)[O-])cc2oc1=O. The first-order valence-electron chi connectivity index (χ1n) is 4.24. The van der Waals surface area contributed by atoms with E-state index >= 15 is 0 Å². The van der Waals surface area contributed by atoms with Gasteiger partial charge in [0.15, 0.2) is 0 Å². The van der Waals surface area contributed by atoms with Crippen LogP contribution in [0, 0.1) is 21.4 Å². The number of fused-ring (bicyclic) bond motifs is 1. The minimum absolute atomic E-state index is 0.0956. The van der Waals surface area contributed by atoms with Crippen LogP contribution in [-0.4, -0.2) is 4.92 Å². The second kappa shape index (κ2) is 3.47. The lowest BCUT2D eigenvalue weighted by atomic mass is 10.2. The largest absolute Gasteiger partial charge is 0.421 e. The maximum absolute atomic E-state index is 11.2. The molecule has 0 radical (unpaired) electrons. The van der Waals surface area contributed by atoms with E-state index in [9.17, 15) is 14.9 Å². The van der Waals surface area contributed by atoms with Crippen molar-refractivity contribution in [2.75, 3.05) is 0 Å². The van der Waals surface area contributed by atoms with Crippen molar-refractivity contribution in [2.24, 2.45) is 0 Å². The molecular weight excluding hydrogens is 212 g/mol. The summed E-state index contributed by atoms with van der Waals surface area (Å²) in [5, 5.41) is 19.6. The molecule has 0 atom stereocenters. The highest BCUT2D eigenvalue weighted by molar-refractivity contribution is 5.79. The summed E-state index contributed by atoms with van der Waals surface area (Å²) in [6, 6.07) is 6.88. The molecule has 2 aromatic rings. The summed E-state index contributed by atoms with van der Waals surface area (Å²) < 4.78 is 4.79. The van der Waals surface area contributed by atoms with Crippen LogP contribution in [0.15, 0.2) is 33.5 Å². The Bertz CT molecular complexity index is 681. The molecule has 2 rings (SSSR count). The lowest BCUT2D eigenvalue weighted by Crippen LogP contribution is -2.03. The van der Waals surface area contributed by atoms with Gasteiger partial charge in [0, 0.05) is 11.5 Å². The van der Waals surface area contributed by atoms with Gasteiger partial charge in [-0.15, -0.1) is 0 Å². The summed E-state index contributed by atoms with van der Waals surface area (Å²) in [6.45, 7) is 0. The monoisotopic (exact) mass is 216 g/mol. The van der Waals surface area contributed by atoms with Gasteiger partial charge >= 0.3 is 5.63 Å². The maximum atomic E-state index is 11.2. The summed E-state index contributed by atoms with van der Waals surface area (Å²) in [6.07, 6.45) is 0. The molecule has 0 spiro atoms. The smallest absolute Gasteiger partial charge is 0.354 e. The third kappa shape index (κ3) is 1.50. The number of benzene rings is 1. The minimum atomic E-state index is -0.796. The van der Waals surface area contributed by atoms with E-state index in [0.717, 1.165) is 6.07 Å². The third-order valence-corrected chi connectivity index (χ3v) is 2.05. The standard InChI is InChI=1S/C10H4N2O4/c11-5-7-3-6-1-2-8(12(14)15)4-9(6)16-10(7)13/h1-4H. The van der Waals surface area contributed by atoms with Crippen LogP contribution in [-0.2, 0) is 0 Å². The Balaban J connectivity index is 2.78. The van der Waals surface area contributed by atoms with E-state index in [1.165, 1.54) is 18.2 Å². The number of hydrogen-bond donors (Lipinski definition) is 0. The summed E-state index contributed by atoms with van der Waals surface area (Å²) in [4.78, 5) is 21.1. The zero-order chi connectivity index (χ0) is 11.7. The lowest BCUT2D eigenvalue weighted by Gasteiger charge is -1.96. The Morgan fingerprint density at radius 3 is 2.75 bits per heavy atom. The van der Waals surface area contributed by atoms with Crippen LogP contribution < -0.4 is 5.63 Å². The number of nitriles is 1. The van der Waals surface area contributed by atoms with E-state index in [4.69, 9.17) is 9.68 Å². The fourth-order valence-electron chi connectivity index (χ4n) is 1.29. The zero-order valence-corrected chi connectivity index (χ0v) is 7.84. The fourth-order valence-corrected chi connectivity index (χ4v) is 1.29. The number of nitrogens with zero attached hydrogens (tertiary/aromatic N) is 2. The van der Waals surface area contributed by atoms with Gasteiger partial charge in [-0.2, -0.15) is 5.26 Å². The maximum Gasteiger partial charge on any atom is 0.354 e. The average Bonchev–Trinajstić information content (AvgIpc) is 2.27. The van der Waals surface area contributed by atoms with Crippen LogP contribution in [0.4, 0.5) is 5.69 Å². The van der Waals surface area contributed by atoms with Crippen molar-refractivity contribution in [3.63, 3.8) is 0 Å². The predicted molar refractivity (Wildman–Crippen MR) is 53.9 cm³/mol. The molecule has 1 aromatic heterocycles. The van der Waals surface area contributed by atoms with Crippen molar-refractivity contribution in [1.82, 2.24) is 0 Å². The molecule has 0 N–H and O–H groups in total. The molecule has 0 aliphatic rings. The molecule has 0 saturated heterocycles. The van der Waals surface area contributed by atoms with Crippen molar-refractivity contribution >= 4 is 16.7 Å². The van der Waals surface area contributed by atoms with Gasteiger partial charge in [0.1, 0.15) is 17.2 Å². The molecule has 0 fully saturated rings. The van der Waals surface area contributed by atoms with E-state index in [-0.39, 0.29) is 16.8 Å². The first-order valence-corrected chi connectivity index (χ1v) is 4.24. The first-order chi connectivity index (χ1) is 7.61. The number of rotatable bonds is 1. The predicted octanol–water partition coefficient (Wildman–Crippen LogP) is 1.57.